The van der Waals surface area contributed by atoms with Gasteiger partial charge >= 0.3 is 0 Å². The standard InChI is InChI=1S/C17H9N5O2S/c18-8-12(9-19)11-21-15-3-1-2-4-17(15)25-16-6-5-14(22(23)24)7-13(16)10-20/h1-7,11,21H. The lowest BCUT2D eigenvalue weighted by atomic mass is 10.2. The molecule has 0 aromatic heterocycles. The van der Waals surface area contributed by atoms with Gasteiger partial charge in [0.2, 0.25) is 0 Å². The maximum atomic E-state index is 10.8. The van der Waals surface area contributed by atoms with E-state index >= 15 is 0 Å². The van der Waals surface area contributed by atoms with Gasteiger partial charge in [-0.25, -0.2) is 0 Å². The summed E-state index contributed by atoms with van der Waals surface area (Å²) in [7, 11) is 0. The zero-order valence-corrected chi connectivity index (χ0v) is 13.4. The van der Waals surface area contributed by atoms with Gasteiger partial charge in [0.15, 0.2) is 0 Å². The molecule has 2 aromatic rings. The number of nitrogens with one attached hydrogen (secondary N) is 1. The molecule has 0 bridgehead atoms. The molecule has 7 nitrogen and oxygen atoms in total. The van der Waals surface area contributed by atoms with E-state index in [1.165, 1.54) is 36.2 Å². The summed E-state index contributed by atoms with van der Waals surface area (Å²) in [5.41, 5.74) is 0.604. The van der Waals surface area contributed by atoms with Crippen molar-refractivity contribution in [2.24, 2.45) is 0 Å². The maximum absolute atomic E-state index is 10.8. The van der Waals surface area contributed by atoms with Gasteiger partial charge in [0, 0.05) is 28.1 Å². The number of hydrogen-bond acceptors (Lipinski definition) is 7. The fourth-order valence-electron chi connectivity index (χ4n) is 1.84. The number of nitro groups is 1. The van der Waals surface area contributed by atoms with Gasteiger partial charge in [-0.3, -0.25) is 10.1 Å². The normalized spacial score (nSPS) is 9.16. The van der Waals surface area contributed by atoms with E-state index in [-0.39, 0.29) is 16.8 Å². The van der Waals surface area contributed by atoms with Crippen LogP contribution in [0.5, 0.6) is 0 Å². The largest absolute Gasteiger partial charge is 0.359 e. The van der Waals surface area contributed by atoms with Crippen molar-refractivity contribution in [1.82, 2.24) is 0 Å². The molecule has 2 aromatic carbocycles. The predicted molar refractivity (Wildman–Crippen MR) is 91.3 cm³/mol. The lowest BCUT2D eigenvalue weighted by molar-refractivity contribution is -0.384. The second-order valence-corrected chi connectivity index (χ2v) is 5.66. The Kier molecular flexibility index (Phi) is 5.73. The van der Waals surface area contributed by atoms with Gasteiger partial charge in [0.25, 0.3) is 5.69 Å². The molecule has 25 heavy (non-hydrogen) atoms. The molecule has 8 heteroatoms. The third-order valence-electron chi connectivity index (χ3n) is 3.01. The Balaban J connectivity index is 2.35. The van der Waals surface area contributed by atoms with Crippen LogP contribution in [0, 0.1) is 44.1 Å². The van der Waals surface area contributed by atoms with Gasteiger partial charge in [0.1, 0.15) is 23.8 Å². The molecule has 0 saturated carbocycles. The zero-order valence-electron chi connectivity index (χ0n) is 12.6. The van der Waals surface area contributed by atoms with Crippen molar-refractivity contribution in [3.8, 4) is 18.2 Å². The fraction of sp³-hybridized carbons (Fsp3) is 0. The molecular weight excluding hydrogens is 338 g/mol. The van der Waals surface area contributed by atoms with Crippen LogP contribution in [0.3, 0.4) is 0 Å². The quantitative estimate of drug-likeness (QED) is 0.492. The highest BCUT2D eigenvalue weighted by atomic mass is 32.2. The monoisotopic (exact) mass is 347 g/mol. The number of benzene rings is 2. The molecule has 0 spiro atoms. The highest BCUT2D eigenvalue weighted by Gasteiger charge is 2.13. The molecule has 120 valence electrons. The van der Waals surface area contributed by atoms with Crippen LogP contribution in [-0.4, -0.2) is 4.92 Å². The Labute approximate surface area is 147 Å². The minimum Gasteiger partial charge on any atom is -0.359 e. The van der Waals surface area contributed by atoms with Crippen molar-refractivity contribution in [2.75, 3.05) is 5.32 Å². The highest BCUT2D eigenvalue weighted by Crippen LogP contribution is 2.36. The molecule has 0 saturated heterocycles. The lowest BCUT2D eigenvalue weighted by Gasteiger charge is -2.09. The average Bonchev–Trinajstić information content (AvgIpc) is 2.63. The number of hydrogen-bond donors (Lipinski definition) is 1. The van der Waals surface area contributed by atoms with E-state index in [4.69, 9.17) is 10.5 Å². The minimum atomic E-state index is -0.555. The van der Waals surface area contributed by atoms with Crippen molar-refractivity contribution in [3.05, 3.63) is 69.9 Å². The van der Waals surface area contributed by atoms with Crippen LogP contribution >= 0.6 is 11.8 Å². The van der Waals surface area contributed by atoms with Gasteiger partial charge < -0.3 is 5.32 Å². The molecule has 0 atom stereocenters. The van der Waals surface area contributed by atoms with E-state index in [0.29, 0.717) is 10.6 Å². The van der Waals surface area contributed by atoms with E-state index < -0.39 is 4.92 Å². The van der Waals surface area contributed by atoms with Crippen LogP contribution < -0.4 is 5.32 Å². The van der Waals surface area contributed by atoms with Crippen LogP contribution in [0.4, 0.5) is 11.4 Å². The number of nitriles is 3. The van der Waals surface area contributed by atoms with E-state index in [2.05, 4.69) is 5.32 Å². The second-order valence-electron chi connectivity index (χ2n) is 4.57. The summed E-state index contributed by atoms with van der Waals surface area (Å²) in [4.78, 5) is 11.6. The fourth-order valence-corrected chi connectivity index (χ4v) is 2.81. The number of non-ortho nitro benzene ring substituents is 1. The molecule has 0 fully saturated rings. The van der Waals surface area contributed by atoms with Gasteiger partial charge in [-0.15, -0.1) is 0 Å². The number of nitro benzene ring substituents is 1. The molecule has 0 aliphatic heterocycles. The van der Waals surface area contributed by atoms with Crippen LogP contribution in [0.1, 0.15) is 5.56 Å². The maximum Gasteiger partial charge on any atom is 0.270 e. The lowest BCUT2D eigenvalue weighted by Crippen LogP contribution is -1.93. The third-order valence-corrected chi connectivity index (χ3v) is 4.17. The first kappa shape index (κ1) is 17.6. The first-order valence-corrected chi connectivity index (χ1v) is 7.63. The molecule has 1 N–H and O–H groups in total. The Hall–Kier alpha value is -3.80. The SMILES string of the molecule is N#CC(C#N)=CNc1ccccc1Sc1ccc([N+](=O)[O-])cc1C#N. The summed E-state index contributed by atoms with van der Waals surface area (Å²) < 4.78 is 0. The summed E-state index contributed by atoms with van der Waals surface area (Å²) in [6.45, 7) is 0. The summed E-state index contributed by atoms with van der Waals surface area (Å²) in [6.07, 6.45) is 1.29. The molecule has 0 amide bonds. The van der Waals surface area contributed by atoms with Gasteiger partial charge in [-0.1, -0.05) is 23.9 Å². The van der Waals surface area contributed by atoms with Crippen LogP contribution in [0.2, 0.25) is 0 Å². The summed E-state index contributed by atoms with van der Waals surface area (Å²) in [6, 6.07) is 16.7. The Morgan fingerprint density at radius 2 is 1.84 bits per heavy atom. The molecule has 0 unspecified atom stereocenters. The number of anilines is 1. The summed E-state index contributed by atoms with van der Waals surface area (Å²) in [5, 5.41) is 40.5. The van der Waals surface area contributed by atoms with Crippen molar-refractivity contribution >= 4 is 23.1 Å². The number of allylic oxidation sites excluding steroid dienone is 1. The molecule has 0 radical (unpaired) electrons. The van der Waals surface area contributed by atoms with E-state index in [0.717, 1.165) is 4.90 Å². The smallest absolute Gasteiger partial charge is 0.270 e. The Morgan fingerprint density at radius 3 is 2.48 bits per heavy atom. The van der Waals surface area contributed by atoms with E-state index in [1.807, 2.05) is 6.07 Å². The molecule has 0 heterocycles. The molecular formula is C17H9N5O2S. The van der Waals surface area contributed by atoms with E-state index in [9.17, 15) is 15.4 Å². The van der Waals surface area contributed by atoms with E-state index in [1.54, 1.807) is 36.4 Å². The van der Waals surface area contributed by atoms with Crippen LogP contribution in [0.15, 0.2) is 64.0 Å². The van der Waals surface area contributed by atoms with Gasteiger partial charge in [0.05, 0.1) is 16.2 Å². The number of nitrogens with zero attached hydrogens (tertiary/aromatic N) is 4. The molecule has 2 rings (SSSR count). The van der Waals surface area contributed by atoms with Crippen molar-refractivity contribution < 1.29 is 4.92 Å². The van der Waals surface area contributed by atoms with Gasteiger partial charge in [-0.2, -0.15) is 15.8 Å². The van der Waals surface area contributed by atoms with Gasteiger partial charge in [-0.05, 0) is 18.2 Å². The van der Waals surface area contributed by atoms with Crippen molar-refractivity contribution in [3.63, 3.8) is 0 Å². The Morgan fingerprint density at radius 1 is 1.12 bits per heavy atom. The van der Waals surface area contributed by atoms with Crippen molar-refractivity contribution in [2.45, 2.75) is 9.79 Å². The Bertz CT molecular complexity index is 964. The predicted octanol–water partition coefficient (Wildman–Crippen LogP) is 3.96. The van der Waals surface area contributed by atoms with Crippen LogP contribution in [-0.2, 0) is 0 Å². The third kappa shape index (κ3) is 4.35. The average molecular weight is 347 g/mol. The number of rotatable bonds is 5. The zero-order chi connectivity index (χ0) is 18.2. The second kappa shape index (κ2) is 8.16. The topological polar surface area (TPSA) is 127 Å². The number of para-hydroxylation sites is 1. The highest BCUT2D eigenvalue weighted by molar-refractivity contribution is 7.99. The minimum absolute atomic E-state index is 0.0761. The first-order valence-electron chi connectivity index (χ1n) is 6.81. The van der Waals surface area contributed by atoms with Crippen LogP contribution in [0.25, 0.3) is 0 Å². The van der Waals surface area contributed by atoms with Crippen molar-refractivity contribution in [1.29, 1.82) is 15.8 Å². The first-order chi connectivity index (χ1) is 12.1. The summed E-state index contributed by atoms with van der Waals surface area (Å²) in [5.74, 6) is 0. The summed E-state index contributed by atoms with van der Waals surface area (Å²) >= 11 is 1.25. The molecule has 0 aliphatic rings. The molecule has 0 aliphatic carbocycles.